The van der Waals surface area contributed by atoms with E-state index in [0.717, 1.165) is 12.0 Å². The van der Waals surface area contributed by atoms with E-state index in [4.69, 9.17) is 11.6 Å². The molecule has 0 spiro atoms. The average molecular weight is 364 g/mol. The Balaban J connectivity index is 2.18. The van der Waals surface area contributed by atoms with Crippen LogP contribution in [0.3, 0.4) is 0 Å². The highest BCUT2D eigenvalue weighted by molar-refractivity contribution is 6.30. The van der Waals surface area contributed by atoms with Gasteiger partial charge in [0.2, 0.25) is 11.8 Å². The summed E-state index contributed by atoms with van der Waals surface area (Å²) in [5.41, 5.74) is 0.914. The van der Waals surface area contributed by atoms with E-state index in [1.54, 1.807) is 12.1 Å². The van der Waals surface area contributed by atoms with Crippen LogP contribution in [0.2, 0.25) is 5.02 Å². The standard InChI is InChI=1S/C19H26ClN3O2/c1-5-16-13-22(11-12-23(16)17(24)6-2)19(25)18(21(3)4)14-7-9-15(20)10-8-14/h6-10,16,18H,2,5,11-13H2,1,3-4H3/t16-,18?/m1/s1. The molecule has 0 bridgehead atoms. The molecule has 1 unspecified atom stereocenters. The quantitative estimate of drug-likeness (QED) is 0.755. The number of hydrogen-bond donors (Lipinski definition) is 0. The summed E-state index contributed by atoms with van der Waals surface area (Å²) in [7, 11) is 3.79. The molecule has 136 valence electrons. The van der Waals surface area contributed by atoms with E-state index < -0.39 is 0 Å². The molecule has 1 aliphatic rings. The van der Waals surface area contributed by atoms with E-state index >= 15 is 0 Å². The highest BCUT2D eigenvalue weighted by Crippen LogP contribution is 2.25. The van der Waals surface area contributed by atoms with Crippen molar-refractivity contribution in [2.45, 2.75) is 25.4 Å². The van der Waals surface area contributed by atoms with Crippen molar-refractivity contribution < 1.29 is 9.59 Å². The molecule has 2 rings (SSSR count). The number of rotatable bonds is 5. The number of likely N-dealkylation sites (N-methyl/N-ethyl adjacent to an activating group) is 1. The molecule has 1 aromatic rings. The summed E-state index contributed by atoms with van der Waals surface area (Å²) in [6.45, 7) is 7.22. The van der Waals surface area contributed by atoms with Crippen LogP contribution in [0.1, 0.15) is 24.9 Å². The fraction of sp³-hybridized carbons (Fsp3) is 0.474. The van der Waals surface area contributed by atoms with Gasteiger partial charge in [-0.05, 0) is 44.3 Å². The van der Waals surface area contributed by atoms with Crippen LogP contribution in [0.4, 0.5) is 0 Å². The lowest BCUT2D eigenvalue weighted by atomic mass is 10.0. The topological polar surface area (TPSA) is 43.9 Å². The van der Waals surface area contributed by atoms with Crippen LogP contribution in [-0.4, -0.2) is 66.3 Å². The van der Waals surface area contributed by atoms with Crippen LogP contribution in [0.5, 0.6) is 0 Å². The van der Waals surface area contributed by atoms with Crippen molar-refractivity contribution in [2.75, 3.05) is 33.7 Å². The van der Waals surface area contributed by atoms with Gasteiger partial charge in [0.15, 0.2) is 0 Å². The molecule has 0 aliphatic carbocycles. The van der Waals surface area contributed by atoms with Gasteiger partial charge in [-0.3, -0.25) is 14.5 Å². The molecule has 1 saturated heterocycles. The Morgan fingerprint density at radius 3 is 2.48 bits per heavy atom. The molecule has 0 saturated carbocycles. The van der Waals surface area contributed by atoms with Gasteiger partial charge in [-0.2, -0.15) is 0 Å². The third kappa shape index (κ3) is 4.41. The van der Waals surface area contributed by atoms with Crippen LogP contribution < -0.4 is 0 Å². The Morgan fingerprint density at radius 1 is 1.32 bits per heavy atom. The molecule has 1 heterocycles. The number of hydrogen-bond acceptors (Lipinski definition) is 3. The number of benzene rings is 1. The smallest absolute Gasteiger partial charge is 0.246 e. The summed E-state index contributed by atoms with van der Waals surface area (Å²) < 4.78 is 0. The molecule has 2 atom stereocenters. The normalized spacial score (nSPS) is 19.0. The third-order valence-electron chi connectivity index (χ3n) is 4.66. The van der Waals surface area contributed by atoms with Crippen molar-refractivity contribution in [1.29, 1.82) is 0 Å². The zero-order valence-corrected chi connectivity index (χ0v) is 15.9. The van der Waals surface area contributed by atoms with Gasteiger partial charge in [0.05, 0.1) is 0 Å². The average Bonchev–Trinajstić information content (AvgIpc) is 2.61. The third-order valence-corrected chi connectivity index (χ3v) is 4.91. The number of carbonyl (C=O) groups excluding carboxylic acids is 2. The van der Waals surface area contributed by atoms with Gasteiger partial charge in [-0.15, -0.1) is 0 Å². The molecular weight excluding hydrogens is 338 g/mol. The van der Waals surface area contributed by atoms with E-state index in [-0.39, 0.29) is 23.9 Å². The molecule has 1 aromatic carbocycles. The fourth-order valence-corrected chi connectivity index (χ4v) is 3.42. The summed E-state index contributed by atoms with van der Waals surface area (Å²) in [6.07, 6.45) is 2.15. The molecule has 25 heavy (non-hydrogen) atoms. The maximum Gasteiger partial charge on any atom is 0.246 e. The minimum absolute atomic E-state index is 0.0243. The van der Waals surface area contributed by atoms with E-state index in [1.165, 1.54) is 6.08 Å². The maximum absolute atomic E-state index is 13.2. The Morgan fingerprint density at radius 2 is 1.96 bits per heavy atom. The Labute approximate surface area is 154 Å². The first-order valence-electron chi connectivity index (χ1n) is 8.52. The van der Waals surface area contributed by atoms with Crippen LogP contribution in [0, 0.1) is 0 Å². The lowest BCUT2D eigenvalue weighted by Gasteiger charge is -2.42. The Hall–Kier alpha value is -1.85. The largest absolute Gasteiger partial charge is 0.337 e. The van der Waals surface area contributed by atoms with Gasteiger partial charge in [0.1, 0.15) is 6.04 Å². The number of carbonyl (C=O) groups is 2. The molecule has 0 aromatic heterocycles. The van der Waals surface area contributed by atoms with E-state index in [9.17, 15) is 9.59 Å². The Kier molecular flexibility index (Phi) is 6.62. The van der Waals surface area contributed by atoms with Gasteiger partial charge < -0.3 is 9.80 Å². The van der Waals surface area contributed by atoms with Crippen LogP contribution in [0.25, 0.3) is 0 Å². The molecule has 1 fully saturated rings. The van der Waals surface area contributed by atoms with Crippen LogP contribution >= 0.6 is 11.6 Å². The Bertz CT molecular complexity index is 630. The van der Waals surface area contributed by atoms with Gasteiger partial charge in [0, 0.05) is 30.7 Å². The summed E-state index contributed by atoms with van der Waals surface area (Å²) in [5.74, 6) is -0.0164. The van der Waals surface area contributed by atoms with Crippen LogP contribution in [-0.2, 0) is 9.59 Å². The number of amides is 2. The van der Waals surface area contributed by atoms with Crippen molar-refractivity contribution in [3.05, 3.63) is 47.5 Å². The molecule has 5 nitrogen and oxygen atoms in total. The van der Waals surface area contributed by atoms with Crippen molar-refractivity contribution in [1.82, 2.24) is 14.7 Å². The highest BCUT2D eigenvalue weighted by atomic mass is 35.5. The van der Waals surface area contributed by atoms with E-state index in [1.807, 2.05) is 47.9 Å². The number of halogens is 1. The first-order chi connectivity index (χ1) is 11.9. The predicted octanol–water partition coefficient (Wildman–Crippen LogP) is 2.58. The second kappa shape index (κ2) is 8.50. The minimum Gasteiger partial charge on any atom is -0.337 e. The fourth-order valence-electron chi connectivity index (χ4n) is 3.29. The van der Waals surface area contributed by atoms with Gasteiger partial charge in [-0.1, -0.05) is 37.2 Å². The first-order valence-corrected chi connectivity index (χ1v) is 8.90. The zero-order chi connectivity index (χ0) is 18.6. The molecular formula is C19H26ClN3O2. The maximum atomic E-state index is 13.2. The minimum atomic E-state index is -0.364. The van der Waals surface area contributed by atoms with Crippen molar-refractivity contribution >= 4 is 23.4 Å². The highest BCUT2D eigenvalue weighted by Gasteiger charge is 2.34. The summed E-state index contributed by atoms with van der Waals surface area (Å²) in [4.78, 5) is 30.7. The lowest BCUT2D eigenvalue weighted by Crippen LogP contribution is -2.57. The van der Waals surface area contributed by atoms with Crippen molar-refractivity contribution in [3.63, 3.8) is 0 Å². The van der Waals surface area contributed by atoms with Crippen LogP contribution in [0.15, 0.2) is 36.9 Å². The molecule has 1 aliphatic heterocycles. The molecule has 0 N–H and O–H groups in total. The summed E-state index contributed by atoms with van der Waals surface area (Å²) in [5, 5.41) is 0.649. The number of piperazine rings is 1. The second-order valence-electron chi connectivity index (χ2n) is 6.50. The monoisotopic (exact) mass is 363 g/mol. The zero-order valence-electron chi connectivity index (χ0n) is 15.1. The number of nitrogens with zero attached hydrogens (tertiary/aromatic N) is 3. The molecule has 2 amide bonds. The van der Waals surface area contributed by atoms with Gasteiger partial charge >= 0.3 is 0 Å². The van der Waals surface area contributed by atoms with Crippen molar-refractivity contribution in [2.24, 2.45) is 0 Å². The molecule has 6 heteroatoms. The summed E-state index contributed by atoms with van der Waals surface area (Å²) in [6, 6.07) is 7.04. The SMILES string of the molecule is C=CC(=O)N1CCN(C(=O)C(c2ccc(Cl)cc2)N(C)C)C[C@H]1CC. The second-order valence-corrected chi connectivity index (χ2v) is 6.94. The van der Waals surface area contributed by atoms with E-state index in [2.05, 4.69) is 6.58 Å². The lowest BCUT2D eigenvalue weighted by molar-refractivity contribution is -0.143. The van der Waals surface area contributed by atoms with E-state index in [0.29, 0.717) is 24.7 Å². The van der Waals surface area contributed by atoms with Crippen molar-refractivity contribution in [3.8, 4) is 0 Å². The molecule has 0 radical (unpaired) electrons. The predicted molar refractivity (Wildman–Crippen MR) is 100 cm³/mol. The van der Waals surface area contributed by atoms with Gasteiger partial charge in [0.25, 0.3) is 0 Å². The van der Waals surface area contributed by atoms with Gasteiger partial charge in [-0.25, -0.2) is 0 Å². The summed E-state index contributed by atoms with van der Waals surface area (Å²) >= 11 is 5.97. The first kappa shape index (κ1) is 19.5.